The van der Waals surface area contributed by atoms with Gasteiger partial charge in [0.25, 0.3) is 0 Å². The lowest BCUT2D eigenvalue weighted by Crippen LogP contribution is -2.00. The van der Waals surface area contributed by atoms with E-state index in [0.29, 0.717) is 0 Å². The van der Waals surface area contributed by atoms with Crippen LogP contribution in [-0.2, 0) is 4.94 Å². The van der Waals surface area contributed by atoms with Crippen LogP contribution in [0.5, 0.6) is 0 Å². The van der Waals surface area contributed by atoms with Gasteiger partial charge in [0.05, 0.1) is 0 Å². The molecule has 0 rings (SSSR count). The number of hydrogen-bond acceptors (Lipinski definition) is 5. The lowest BCUT2D eigenvalue weighted by Gasteiger charge is -1.79. The highest BCUT2D eigenvalue weighted by molar-refractivity contribution is 3.48. The van der Waals surface area contributed by atoms with E-state index in [1.54, 1.807) is 0 Å². The van der Waals surface area contributed by atoms with Crippen molar-refractivity contribution < 1.29 is 10.1 Å². The molecule has 0 aromatic heterocycles. The second-order valence-corrected chi connectivity index (χ2v) is 0.274. The van der Waals surface area contributed by atoms with Gasteiger partial charge in [-0.15, -0.1) is 0 Å². The molecular formula is H3N3O2. The maximum Gasteiger partial charge on any atom is 0.0431 e. The van der Waals surface area contributed by atoms with Crippen molar-refractivity contribution in [2.75, 3.05) is 0 Å². The first kappa shape index (κ1) is 4.32. The van der Waals surface area contributed by atoms with Crippen molar-refractivity contribution in [3.05, 3.63) is 0 Å². The van der Waals surface area contributed by atoms with Crippen LogP contribution < -0.4 is 5.64 Å². The molecule has 5 heteroatoms. The van der Waals surface area contributed by atoms with Crippen LogP contribution >= 0.6 is 0 Å². The Hall–Kier alpha value is -0.680. The lowest BCUT2D eigenvalue weighted by atomic mass is 12.9. The molecule has 0 atom stereocenters. The summed E-state index contributed by atoms with van der Waals surface area (Å²) in [6, 6.07) is 0. The summed E-state index contributed by atoms with van der Waals surface area (Å²) < 4.78 is 0. The van der Waals surface area contributed by atoms with Gasteiger partial charge < -0.3 is 0 Å². The third-order valence-corrected chi connectivity index (χ3v) is 0.0865. The Balaban J connectivity index is 2.40. The maximum atomic E-state index is 7.38. The molecular weight excluding hydrogens is 74.0 g/mol. The van der Waals surface area contributed by atoms with E-state index in [9.17, 15) is 0 Å². The molecule has 0 spiro atoms. The molecule has 5 heavy (non-hydrogen) atoms. The summed E-state index contributed by atoms with van der Waals surface area (Å²) in [5.41, 5.74) is 6.95. The second kappa shape index (κ2) is 3.32. The molecule has 0 aliphatic carbocycles. The van der Waals surface area contributed by atoms with Crippen LogP contribution in [0.1, 0.15) is 0 Å². The first-order chi connectivity index (χ1) is 2.41. The molecule has 0 aromatic carbocycles. The van der Waals surface area contributed by atoms with Crippen LogP contribution in [0.3, 0.4) is 0 Å². The van der Waals surface area contributed by atoms with Gasteiger partial charge in [-0.25, -0.2) is 0 Å². The lowest BCUT2D eigenvalue weighted by molar-refractivity contribution is -0.136. The molecule has 0 radical (unpaired) electrons. The fourth-order valence-corrected chi connectivity index (χ4v) is 0.0204. The van der Waals surface area contributed by atoms with Crippen LogP contribution in [0.15, 0.2) is 5.28 Å². The van der Waals surface area contributed by atoms with Crippen LogP contribution in [0, 0.1) is 5.53 Å². The average molecular weight is 77.0 g/mol. The number of nitrogens with zero attached hydrogens (tertiary/aromatic N) is 1. The molecule has 0 fully saturated rings. The van der Waals surface area contributed by atoms with E-state index in [0.717, 1.165) is 5.64 Å². The molecule has 0 amide bonds. The number of hydrogen-bond donors (Lipinski definition) is 3. The topological polar surface area (TPSA) is 77.7 Å². The third-order valence-electron chi connectivity index (χ3n) is 0.0865. The summed E-state index contributed by atoms with van der Waals surface area (Å²) >= 11 is 0. The van der Waals surface area contributed by atoms with Crippen molar-refractivity contribution in [1.82, 2.24) is 5.64 Å². The monoisotopic (exact) mass is 77.0 g/mol. The van der Waals surface area contributed by atoms with E-state index >= 15 is 0 Å². The minimum Gasteiger partial charge on any atom is -0.281 e. The highest BCUT2D eigenvalue weighted by Crippen LogP contribution is 1.53. The zero-order chi connectivity index (χ0) is 4.12. The predicted octanol–water partition coefficient (Wildman–Crippen LogP) is -0.157. The van der Waals surface area contributed by atoms with Gasteiger partial charge in [0, 0.05) is 5.28 Å². The standard InChI is InChI=1S/H3N3O2/c1-2-5-3-4/h1,3-4H. The van der Waals surface area contributed by atoms with Gasteiger partial charge >= 0.3 is 0 Å². The van der Waals surface area contributed by atoms with E-state index in [1.165, 1.54) is 0 Å². The molecule has 5 nitrogen and oxygen atoms in total. The first-order valence-corrected chi connectivity index (χ1v) is 0.834. The fraction of sp³-hybridized carbons (Fsp3) is 0. The Bertz CT molecular complexity index is 26.1. The quantitative estimate of drug-likeness (QED) is 0.316. The van der Waals surface area contributed by atoms with Crippen molar-refractivity contribution in [2.24, 2.45) is 5.28 Å². The predicted molar refractivity (Wildman–Crippen MR) is 11.2 cm³/mol. The first-order valence-electron chi connectivity index (χ1n) is 0.834. The van der Waals surface area contributed by atoms with Crippen LogP contribution in [0.25, 0.3) is 0 Å². The van der Waals surface area contributed by atoms with E-state index < -0.39 is 0 Å². The zero-order valence-corrected chi connectivity index (χ0v) is 2.30. The van der Waals surface area contributed by atoms with Crippen LogP contribution in [0.4, 0.5) is 0 Å². The minimum atomic E-state index is 1.16. The molecule has 30 valence electrons. The highest BCUT2D eigenvalue weighted by Gasteiger charge is 1.55. The van der Waals surface area contributed by atoms with Crippen LogP contribution in [-0.4, -0.2) is 5.21 Å². The van der Waals surface area contributed by atoms with Gasteiger partial charge in [0.15, 0.2) is 0 Å². The molecule has 0 aliphatic heterocycles. The summed E-state index contributed by atoms with van der Waals surface area (Å²) in [6.45, 7) is 0. The summed E-state index contributed by atoms with van der Waals surface area (Å²) in [7, 11) is 0. The normalized spacial score (nSPS) is 6.60. The van der Waals surface area contributed by atoms with Gasteiger partial charge in [0.1, 0.15) is 0 Å². The number of nitrogens with one attached hydrogen (secondary N) is 2. The smallest absolute Gasteiger partial charge is 0.0431 e. The van der Waals surface area contributed by atoms with Crippen molar-refractivity contribution in [2.45, 2.75) is 0 Å². The summed E-state index contributed by atoms with van der Waals surface area (Å²) in [5, 5.41) is 9.62. The Morgan fingerprint density at radius 2 is 2.60 bits per heavy atom. The van der Waals surface area contributed by atoms with E-state index in [4.69, 9.17) is 10.7 Å². The Labute approximate surface area is 27.9 Å². The van der Waals surface area contributed by atoms with Gasteiger partial charge in [-0.2, -0.15) is 5.53 Å². The van der Waals surface area contributed by atoms with Crippen molar-refractivity contribution in [3.8, 4) is 0 Å². The highest BCUT2D eigenvalue weighted by atomic mass is 16.9. The van der Waals surface area contributed by atoms with E-state index in [-0.39, 0.29) is 0 Å². The Morgan fingerprint density at radius 1 is 2.00 bits per heavy atom. The van der Waals surface area contributed by atoms with Crippen molar-refractivity contribution >= 4 is 0 Å². The minimum absolute atomic E-state index is 1.16. The SMILES string of the molecule is N=NONO. The Morgan fingerprint density at radius 3 is 2.60 bits per heavy atom. The third kappa shape index (κ3) is 3.32. The summed E-state index contributed by atoms with van der Waals surface area (Å²) in [6.07, 6.45) is 0. The average Bonchev–Trinajstić information content (AvgIpc) is 1.41. The number of rotatable bonds is 2. The fourth-order valence-electron chi connectivity index (χ4n) is 0.0204. The van der Waals surface area contributed by atoms with E-state index in [1.807, 2.05) is 0 Å². The van der Waals surface area contributed by atoms with Gasteiger partial charge in [-0.05, 0) is 5.64 Å². The molecule has 0 saturated heterocycles. The largest absolute Gasteiger partial charge is 0.281 e. The summed E-state index contributed by atoms with van der Waals surface area (Å²) in [4.78, 5) is 3.43. The Kier molecular flexibility index (Phi) is 2.87. The van der Waals surface area contributed by atoms with Gasteiger partial charge in [-0.3, -0.25) is 10.1 Å². The molecule has 3 N–H and O–H groups in total. The van der Waals surface area contributed by atoms with E-state index in [2.05, 4.69) is 10.2 Å². The molecule has 0 saturated carbocycles. The van der Waals surface area contributed by atoms with Gasteiger partial charge in [0.2, 0.25) is 0 Å². The summed E-state index contributed by atoms with van der Waals surface area (Å²) in [5.74, 6) is 0. The second-order valence-electron chi connectivity index (χ2n) is 0.274. The molecule has 0 aromatic rings. The molecule has 0 aliphatic rings. The van der Waals surface area contributed by atoms with Crippen LogP contribution in [0.2, 0.25) is 0 Å². The van der Waals surface area contributed by atoms with Crippen molar-refractivity contribution in [3.63, 3.8) is 0 Å². The molecule has 0 unspecified atom stereocenters. The molecule has 0 heterocycles. The maximum absolute atomic E-state index is 7.38. The molecule has 0 bridgehead atoms. The van der Waals surface area contributed by atoms with Gasteiger partial charge in [-0.1, -0.05) is 0 Å². The zero-order valence-electron chi connectivity index (χ0n) is 2.30. The van der Waals surface area contributed by atoms with Crippen molar-refractivity contribution in [1.29, 1.82) is 5.53 Å².